The number of carbonyl (C=O) groups is 1. The van der Waals surface area contributed by atoms with Crippen molar-refractivity contribution in [1.82, 2.24) is 0 Å². The quantitative estimate of drug-likeness (QED) is 0.924. The predicted molar refractivity (Wildman–Crippen MR) is 73.1 cm³/mol. The second-order valence-electron chi connectivity index (χ2n) is 5.20. The Morgan fingerprint density at radius 2 is 2.32 bits per heavy atom. The molecule has 0 saturated heterocycles. The molecule has 5 heteroatoms. The molecule has 1 aliphatic heterocycles. The summed E-state index contributed by atoms with van der Waals surface area (Å²) in [6.07, 6.45) is 2.85. The smallest absolute Gasteiger partial charge is 0.304 e. The summed E-state index contributed by atoms with van der Waals surface area (Å²) < 4.78 is 12.0. The second-order valence-corrected chi connectivity index (χ2v) is 5.99. The molecule has 1 fully saturated rings. The van der Waals surface area contributed by atoms with Gasteiger partial charge in [0.15, 0.2) is 11.5 Å². The van der Waals surface area contributed by atoms with Gasteiger partial charge in [-0.05, 0) is 24.5 Å². The number of benzene rings is 1. The van der Waals surface area contributed by atoms with Gasteiger partial charge >= 0.3 is 5.97 Å². The summed E-state index contributed by atoms with van der Waals surface area (Å²) in [5.41, 5.74) is 1.93. The van der Waals surface area contributed by atoms with Gasteiger partial charge in [-0.1, -0.05) is 15.9 Å². The maximum atomic E-state index is 11.1. The highest BCUT2D eigenvalue weighted by Gasteiger charge is 2.48. The van der Waals surface area contributed by atoms with Gasteiger partial charge < -0.3 is 14.6 Å². The largest absolute Gasteiger partial charge is 0.493 e. The molecule has 0 unspecified atom stereocenters. The molecule has 2 aliphatic rings. The Morgan fingerprint density at radius 1 is 1.58 bits per heavy atom. The van der Waals surface area contributed by atoms with E-state index in [2.05, 4.69) is 15.9 Å². The van der Waals surface area contributed by atoms with Crippen LogP contribution in [0.15, 0.2) is 10.5 Å². The molecule has 0 amide bonds. The summed E-state index contributed by atoms with van der Waals surface area (Å²) in [4.78, 5) is 11.1. The molecule has 0 radical (unpaired) electrons. The van der Waals surface area contributed by atoms with Gasteiger partial charge in [0.2, 0.25) is 0 Å². The molecule has 1 aromatic carbocycles. The van der Waals surface area contributed by atoms with E-state index in [0.717, 1.165) is 40.6 Å². The number of hydrogen-bond donors (Lipinski definition) is 1. The van der Waals surface area contributed by atoms with Crippen LogP contribution in [0.4, 0.5) is 0 Å². The van der Waals surface area contributed by atoms with Gasteiger partial charge in [-0.25, -0.2) is 0 Å². The van der Waals surface area contributed by atoms with Crippen molar-refractivity contribution in [2.45, 2.75) is 31.1 Å². The summed E-state index contributed by atoms with van der Waals surface area (Å²) in [5.74, 6) is 0.756. The average Bonchev–Trinajstić information content (AvgIpc) is 2.95. The van der Waals surface area contributed by atoms with Gasteiger partial charge in [0.05, 0.1) is 20.1 Å². The summed E-state index contributed by atoms with van der Waals surface area (Å²) in [7, 11) is 1.62. The fourth-order valence-corrected chi connectivity index (χ4v) is 3.74. The molecule has 0 aromatic heterocycles. The first-order valence-electron chi connectivity index (χ1n) is 6.32. The van der Waals surface area contributed by atoms with E-state index in [1.807, 2.05) is 6.07 Å². The van der Waals surface area contributed by atoms with Crippen LogP contribution in [0.3, 0.4) is 0 Å². The third kappa shape index (κ3) is 2.00. The van der Waals surface area contributed by atoms with E-state index in [1.165, 1.54) is 0 Å². The van der Waals surface area contributed by atoms with Crippen LogP contribution in [-0.4, -0.2) is 24.8 Å². The SMILES string of the molecule is COc1cc(C2(CC(=O)O)CC2)c(Br)c2c1OCC2. The molecule has 0 atom stereocenters. The number of hydrogen-bond acceptors (Lipinski definition) is 3. The van der Waals surface area contributed by atoms with Crippen molar-refractivity contribution in [1.29, 1.82) is 0 Å². The Balaban J connectivity index is 2.10. The molecule has 3 rings (SSSR count). The van der Waals surface area contributed by atoms with Crippen molar-refractivity contribution in [3.8, 4) is 11.5 Å². The van der Waals surface area contributed by atoms with E-state index < -0.39 is 5.97 Å². The number of halogens is 1. The Labute approximate surface area is 119 Å². The van der Waals surface area contributed by atoms with E-state index in [0.29, 0.717) is 12.4 Å². The molecule has 102 valence electrons. The Hall–Kier alpha value is -1.23. The zero-order valence-electron chi connectivity index (χ0n) is 10.7. The molecule has 1 aromatic rings. The van der Waals surface area contributed by atoms with Gasteiger partial charge in [-0.2, -0.15) is 0 Å². The highest BCUT2D eigenvalue weighted by atomic mass is 79.9. The molecule has 0 bridgehead atoms. The van der Waals surface area contributed by atoms with Gasteiger partial charge in [-0.15, -0.1) is 0 Å². The van der Waals surface area contributed by atoms with Crippen molar-refractivity contribution >= 4 is 21.9 Å². The first-order valence-corrected chi connectivity index (χ1v) is 7.11. The molecule has 1 N–H and O–H groups in total. The number of fused-ring (bicyclic) bond motifs is 1. The minimum absolute atomic E-state index is 0.175. The van der Waals surface area contributed by atoms with E-state index in [-0.39, 0.29) is 11.8 Å². The molecule has 0 spiro atoms. The van der Waals surface area contributed by atoms with Crippen LogP contribution >= 0.6 is 15.9 Å². The number of aliphatic carboxylic acids is 1. The van der Waals surface area contributed by atoms with Crippen LogP contribution in [-0.2, 0) is 16.6 Å². The van der Waals surface area contributed by atoms with E-state index >= 15 is 0 Å². The highest BCUT2D eigenvalue weighted by Crippen LogP contribution is 2.56. The fourth-order valence-electron chi connectivity index (χ4n) is 2.83. The maximum Gasteiger partial charge on any atom is 0.304 e. The van der Waals surface area contributed by atoms with Crippen LogP contribution in [0.1, 0.15) is 30.4 Å². The number of rotatable bonds is 4. The molecule has 4 nitrogen and oxygen atoms in total. The average molecular weight is 327 g/mol. The number of carboxylic acid groups (broad SMARTS) is 1. The lowest BCUT2D eigenvalue weighted by Crippen LogP contribution is -2.14. The number of ether oxygens (including phenoxy) is 2. The first kappa shape index (κ1) is 12.8. The van der Waals surface area contributed by atoms with Gasteiger partial charge in [0, 0.05) is 21.9 Å². The number of methoxy groups -OCH3 is 1. The molecular formula is C14H15BrO4. The van der Waals surface area contributed by atoms with Crippen LogP contribution in [0.2, 0.25) is 0 Å². The van der Waals surface area contributed by atoms with E-state index in [4.69, 9.17) is 14.6 Å². The summed E-state index contributed by atoms with van der Waals surface area (Å²) in [6.45, 7) is 0.652. The van der Waals surface area contributed by atoms with Crippen LogP contribution in [0, 0.1) is 0 Å². The predicted octanol–water partition coefficient (Wildman–Crippen LogP) is 2.90. The monoisotopic (exact) mass is 326 g/mol. The Morgan fingerprint density at radius 3 is 2.89 bits per heavy atom. The lowest BCUT2D eigenvalue weighted by atomic mass is 9.90. The summed E-state index contributed by atoms with van der Waals surface area (Å²) in [6, 6.07) is 1.93. The van der Waals surface area contributed by atoms with Crippen molar-refractivity contribution in [3.05, 3.63) is 21.7 Å². The first-order chi connectivity index (χ1) is 9.07. The van der Waals surface area contributed by atoms with Gasteiger partial charge in [0.1, 0.15) is 0 Å². The highest BCUT2D eigenvalue weighted by molar-refractivity contribution is 9.10. The van der Waals surface area contributed by atoms with E-state index in [9.17, 15) is 4.79 Å². The van der Waals surface area contributed by atoms with Gasteiger partial charge in [-0.3, -0.25) is 4.79 Å². The summed E-state index contributed by atoms with van der Waals surface area (Å²) in [5, 5.41) is 9.09. The third-order valence-corrected chi connectivity index (χ3v) is 4.91. The van der Waals surface area contributed by atoms with Crippen molar-refractivity contribution in [3.63, 3.8) is 0 Å². The topological polar surface area (TPSA) is 55.8 Å². The molecule has 1 heterocycles. The van der Waals surface area contributed by atoms with Crippen molar-refractivity contribution in [2.24, 2.45) is 0 Å². The minimum Gasteiger partial charge on any atom is -0.493 e. The molecule has 1 saturated carbocycles. The molecular weight excluding hydrogens is 312 g/mol. The molecule has 19 heavy (non-hydrogen) atoms. The van der Waals surface area contributed by atoms with Crippen LogP contribution < -0.4 is 9.47 Å². The molecule has 1 aliphatic carbocycles. The Kier molecular flexibility index (Phi) is 2.96. The summed E-state index contributed by atoms with van der Waals surface area (Å²) >= 11 is 3.63. The van der Waals surface area contributed by atoms with Crippen LogP contribution in [0.5, 0.6) is 11.5 Å². The van der Waals surface area contributed by atoms with Crippen molar-refractivity contribution < 1.29 is 19.4 Å². The van der Waals surface area contributed by atoms with Crippen LogP contribution in [0.25, 0.3) is 0 Å². The lowest BCUT2D eigenvalue weighted by Gasteiger charge is -2.19. The normalized spacial score (nSPS) is 18.6. The zero-order valence-corrected chi connectivity index (χ0v) is 12.2. The third-order valence-electron chi connectivity index (χ3n) is 4.01. The number of carboxylic acids is 1. The standard InChI is InChI=1S/C14H15BrO4/c1-18-10-6-9(14(3-4-14)7-11(16)17)12(15)8-2-5-19-13(8)10/h6H,2-5,7H2,1H3,(H,16,17). The van der Waals surface area contributed by atoms with E-state index in [1.54, 1.807) is 7.11 Å². The maximum absolute atomic E-state index is 11.1. The Bertz CT molecular complexity index is 549. The lowest BCUT2D eigenvalue weighted by molar-refractivity contribution is -0.137. The fraction of sp³-hybridized carbons (Fsp3) is 0.500. The second kappa shape index (κ2) is 4.40. The van der Waals surface area contributed by atoms with Gasteiger partial charge in [0.25, 0.3) is 0 Å². The minimum atomic E-state index is -0.750. The zero-order chi connectivity index (χ0) is 13.6. The van der Waals surface area contributed by atoms with Crippen molar-refractivity contribution in [2.75, 3.05) is 13.7 Å².